The van der Waals surface area contributed by atoms with Crippen LogP contribution in [-0.4, -0.2) is 39.7 Å². The molecular formula is C24H19F4IN2O3. The summed E-state index contributed by atoms with van der Waals surface area (Å²) >= 11 is 1.90. The molecule has 0 radical (unpaired) electrons. The number of hydrogen-bond donors (Lipinski definition) is 3. The number of benzene rings is 3. The predicted molar refractivity (Wildman–Crippen MR) is 126 cm³/mol. The van der Waals surface area contributed by atoms with Crippen LogP contribution in [0.5, 0.6) is 5.75 Å². The molecule has 1 aliphatic heterocycles. The van der Waals surface area contributed by atoms with Crippen LogP contribution in [0.2, 0.25) is 0 Å². The van der Waals surface area contributed by atoms with Gasteiger partial charge in [-0.05, 0) is 77.4 Å². The smallest absolute Gasteiger partial charge is 0.256 e. The van der Waals surface area contributed by atoms with Crippen LogP contribution in [-0.2, 0) is 6.42 Å². The molecule has 0 atom stereocenters. The Labute approximate surface area is 206 Å². The van der Waals surface area contributed by atoms with Crippen molar-refractivity contribution in [2.24, 2.45) is 0 Å². The summed E-state index contributed by atoms with van der Waals surface area (Å²) in [6.45, 7) is -0.191. The van der Waals surface area contributed by atoms with Gasteiger partial charge in [-0.2, -0.15) is 0 Å². The minimum Gasteiger partial charge on any atom is -0.508 e. The van der Waals surface area contributed by atoms with Crippen molar-refractivity contribution >= 4 is 39.9 Å². The Morgan fingerprint density at radius 1 is 1.00 bits per heavy atom. The highest BCUT2D eigenvalue weighted by Crippen LogP contribution is 2.33. The van der Waals surface area contributed by atoms with E-state index >= 15 is 0 Å². The van der Waals surface area contributed by atoms with Crippen LogP contribution in [0, 0.1) is 26.8 Å². The molecule has 5 nitrogen and oxygen atoms in total. The van der Waals surface area contributed by atoms with Crippen LogP contribution in [0.3, 0.4) is 0 Å². The molecule has 0 unspecified atom stereocenters. The Morgan fingerprint density at radius 3 is 2.41 bits per heavy atom. The third-order valence-electron chi connectivity index (χ3n) is 5.67. The van der Waals surface area contributed by atoms with Crippen LogP contribution in [0.1, 0.15) is 22.3 Å². The van der Waals surface area contributed by atoms with Gasteiger partial charge >= 0.3 is 0 Å². The molecule has 1 heterocycles. The number of aromatic hydroxyl groups is 1. The summed E-state index contributed by atoms with van der Waals surface area (Å²) in [5.41, 5.74) is -1.83. The number of phenols is 1. The molecule has 10 heteroatoms. The summed E-state index contributed by atoms with van der Waals surface area (Å²) < 4.78 is 57.3. The molecule has 4 rings (SSSR count). The Bertz CT molecular complexity index is 1270. The zero-order chi connectivity index (χ0) is 24.6. The molecule has 3 N–H and O–H groups in total. The molecule has 1 saturated heterocycles. The van der Waals surface area contributed by atoms with E-state index < -0.39 is 40.5 Å². The molecule has 1 amide bonds. The average Bonchev–Trinajstić information content (AvgIpc) is 2.75. The predicted octanol–water partition coefficient (Wildman–Crippen LogP) is 5.12. The van der Waals surface area contributed by atoms with E-state index in [4.69, 9.17) is 0 Å². The van der Waals surface area contributed by atoms with Gasteiger partial charge in [0.2, 0.25) is 0 Å². The van der Waals surface area contributed by atoms with Crippen molar-refractivity contribution in [3.05, 3.63) is 86.5 Å². The quantitative estimate of drug-likeness (QED) is 0.277. The van der Waals surface area contributed by atoms with E-state index in [9.17, 15) is 32.6 Å². The Balaban J connectivity index is 1.49. The Kier molecular flexibility index (Phi) is 6.72. The van der Waals surface area contributed by atoms with Crippen LogP contribution in [0.15, 0.2) is 48.5 Å². The first-order chi connectivity index (χ1) is 16.1. The second-order valence-electron chi connectivity index (χ2n) is 8.19. The number of nitrogens with zero attached hydrogens (tertiary/aromatic N) is 1. The lowest BCUT2D eigenvalue weighted by atomic mass is 9.86. The van der Waals surface area contributed by atoms with Crippen LogP contribution < -0.4 is 5.32 Å². The molecular weight excluding hydrogens is 567 g/mol. The lowest BCUT2D eigenvalue weighted by molar-refractivity contribution is -0.0854. The number of aliphatic hydroxyl groups is 1. The van der Waals surface area contributed by atoms with Gasteiger partial charge in [0.25, 0.3) is 5.91 Å². The molecule has 1 aliphatic rings. The number of anilines is 2. The van der Waals surface area contributed by atoms with Crippen molar-refractivity contribution in [1.29, 1.82) is 0 Å². The van der Waals surface area contributed by atoms with E-state index in [0.717, 1.165) is 18.2 Å². The first kappa shape index (κ1) is 24.3. The molecule has 0 aliphatic carbocycles. The molecule has 0 saturated carbocycles. The van der Waals surface area contributed by atoms with Gasteiger partial charge in [-0.1, -0.05) is 6.07 Å². The fourth-order valence-corrected chi connectivity index (χ4v) is 4.27. The maximum atomic E-state index is 14.6. The van der Waals surface area contributed by atoms with Gasteiger partial charge in [0.05, 0.1) is 30.0 Å². The molecule has 3 aromatic carbocycles. The zero-order valence-electron chi connectivity index (χ0n) is 17.6. The Morgan fingerprint density at radius 2 is 1.74 bits per heavy atom. The Hall–Kier alpha value is -2.86. The fourth-order valence-electron chi connectivity index (χ4n) is 3.82. The van der Waals surface area contributed by atoms with E-state index in [1.54, 1.807) is 6.07 Å². The monoisotopic (exact) mass is 586 g/mol. The van der Waals surface area contributed by atoms with Crippen molar-refractivity contribution < 1.29 is 32.6 Å². The molecule has 178 valence electrons. The van der Waals surface area contributed by atoms with Gasteiger partial charge in [0.15, 0.2) is 11.6 Å². The van der Waals surface area contributed by atoms with Gasteiger partial charge in [0, 0.05) is 9.64 Å². The lowest BCUT2D eigenvalue weighted by Crippen LogP contribution is -2.63. The number of amides is 1. The SMILES string of the molecule is O=C(c1ccc(F)c(F)c1Nc1ccc(I)cc1F)N1CC(O)(CCc2ccc(O)cc2F)C1. The first-order valence-corrected chi connectivity index (χ1v) is 11.3. The number of carbonyl (C=O) groups excluding carboxylic acids is 1. The summed E-state index contributed by atoms with van der Waals surface area (Å²) in [5.74, 6) is -4.72. The molecule has 0 bridgehead atoms. The number of likely N-dealkylation sites (tertiary alicyclic amines) is 1. The summed E-state index contributed by atoms with van der Waals surface area (Å²) in [4.78, 5) is 14.2. The fraction of sp³-hybridized carbons (Fsp3) is 0.208. The van der Waals surface area contributed by atoms with E-state index in [0.29, 0.717) is 9.13 Å². The summed E-state index contributed by atoms with van der Waals surface area (Å²) in [6, 6.07) is 9.75. The zero-order valence-corrected chi connectivity index (χ0v) is 19.7. The van der Waals surface area contributed by atoms with Gasteiger partial charge in [-0.15, -0.1) is 0 Å². The second kappa shape index (κ2) is 9.41. The number of aryl methyl sites for hydroxylation is 1. The third-order valence-corrected chi connectivity index (χ3v) is 6.34. The molecule has 0 spiro atoms. The normalized spacial score (nSPS) is 14.6. The van der Waals surface area contributed by atoms with Crippen LogP contribution >= 0.6 is 22.6 Å². The standard InChI is InChI=1S/C24H19F4IN2O3/c25-17-5-4-16(22(21(17)28)30-20-6-2-14(29)9-19(20)27)23(33)31-11-24(34,12-31)8-7-13-1-3-15(32)10-18(13)26/h1-6,9-10,30,32,34H,7-8,11-12H2. The van der Waals surface area contributed by atoms with E-state index in [2.05, 4.69) is 5.32 Å². The summed E-state index contributed by atoms with van der Waals surface area (Å²) in [6.07, 6.45) is 0.323. The number of phenolic OH excluding ortho intramolecular Hbond substituents is 1. The lowest BCUT2D eigenvalue weighted by Gasteiger charge is -2.46. The van der Waals surface area contributed by atoms with Gasteiger partial charge in [0.1, 0.15) is 23.0 Å². The van der Waals surface area contributed by atoms with Gasteiger partial charge in [-0.25, -0.2) is 17.6 Å². The molecule has 1 fully saturated rings. The van der Waals surface area contributed by atoms with Crippen molar-refractivity contribution in [3.8, 4) is 5.75 Å². The van der Waals surface area contributed by atoms with Crippen LogP contribution in [0.25, 0.3) is 0 Å². The number of carbonyl (C=O) groups is 1. The van der Waals surface area contributed by atoms with Crippen LogP contribution in [0.4, 0.5) is 28.9 Å². The largest absolute Gasteiger partial charge is 0.508 e. The highest BCUT2D eigenvalue weighted by atomic mass is 127. The van der Waals surface area contributed by atoms with Gasteiger partial charge < -0.3 is 20.4 Å². The minimum absolute atomic E-state index is 0.0954. The topological polar surface area (TPSA) is 72.8 Å². The molecule has 34 heavy (non-hydrogen) atoms. The highest BCUT2D eigenvalue weighted by molar-refractivity contribution is 14.1. The average molecular weight is 586 g/mol. The van der Waals surface area contributed by atoms with Crippen molar-refractivity contribution in [3.63, 3.8) is 0 Å². The number of halogens is 5. The van der Waals surface area contributed by atoms with E-state index in [1.807, 2.05) is 22.6 Å². The number of β-amino-alcohol motifs (C(OH)–C–C–N with tert-alkyl or cyclic N) is 1. The van der Waals surface area contributed by atoms with Crippen molar-refractivity contribution in [2.75, 3.05) is 18.4 Å². The van der Waals surface area contributed by atoms with Crippen molar-refractivity contribution in [1.82, 2.24) is 4.90 Å². The first-order valence-electron chi connectivity index (χ1n) is 10.3. The summed E-state index contributed by atoms with van der Waals surface area (Å²) in [7, 11) is 0. The maximum Gasteiger partial charge on any atom is 0.256 e. The number of rotatable bonds is 6. The third kappa shape index (κ3) is 4.97. The minimum atomic E-state index is -1.33. The number of hydrogen-bond acceptors (Lipinski definition) is 4. The second-order valence-corrected chi connectivity index (χ2v) is 9.44. The molecule has 0 aromatic heterocycles. The van der Waals surface area contributed by atoms with Crippen molar-refractivity contribution in [2.45, 2.75) is 18.4 Å². The number of nitrogens with one attached hydrogen (secondary N) is 1. The van der Waals surface area contributed by atoms with E-state index in [1.165, 1.54) is 29.2 Å². The summed E-state index contributed by atoms with van der Waals surface area (Å²) in [5, 5.41) is 22.5. The van der Waals surface area contributed by atoms with E-state index in [-0.39, 0.29) is 42.9 Å². The maximum absolute atomic E-state index is 14.6. The molecule has 3 aromatic rings. The highest BCUT2D eigenvalue weighted by Gasteiger charge is 2.44. The van der Waals surface area contributed by atoms with Gasteiger partial charge in [-0.3, -0.25) is 4.79 Å².